The first-order valence-corrected chi connectivity index (χ1v) is 12.5. The van der Waals surface area contributed by atoms with Crippen LogP contribution in [0.15, 0.2) is 18.2 Å². The molecule has 8 heteroatoms. The molecule has 3 fully saturated rings. The van der Waals surface area contributed by atoms with Gasteiger partial charge in [0, 0.05) is 36.3 Å². The number of aliphatic hydroxyl groups is 1. The van der Waals surface area contributed by atoms with E-state index in [0.29, 0.717) is 12.8 Å². The highest BCUT2D eigenvalue weighted by atomic mass is 16.6. The van der Waals surface area contributed by atoms with Gasteiger partial charge in [0.05, 0.1) is 19.1 Å². The highest BCUT2D eigenvalue weighted by Crippen LogP contribution is 2.47. The van der Waals surface area contributed by atoms with E-state index in [2.05, 4.69) is 10.6 Å². The largest absolute Gasteiger partial charge is 0.487 e. The zero-order chi connectivity index (χ0) is 22.8. The Morgan fingerprint density at radius 3 is 2.64 bits per heavy atom. The summed E-state index contributed by atoms with van der Waals surface area (Å²) in [7, 11) is 0. The molecule has 4 aliphatic rings. The highest BCUT2D eigenvalue weighted by Gasteiger charge is 2.46. The second-order valence-corrected chi connectivity index (χ2v) is 9.88. The molecule has 1 aromatic carbocycles. The van der Waals surface area contributed by atoms with E-state index in [1.165, 1.54) is 19.3 Å². The van der Waals surface area contributed by atoms with Gasteiger partial charge in [-0.25, -0.2) is 4.79 Å². The maximum absolute atomic E-state index is 12.8. The van der Waals surface area contributed by atoms with Gasteiger partial charge in [-0.15, -0.1) is 0 Å². The average molecular weight is 458 g/mol. The van der Waals surface area contributed by atoms with E-state index in [4.69, 9.17) is 9.47 Å². The number of ether oxygens (including phenoxy) is 2. The number of nitrogens with one attached hydrogen (secondary N) is 2. The van der Waals surface area contributed by atoms with Crippen molar-refractivity contribution < 1.29 is 24.2 Å². The first kappa shape index (κ1) is 22.5. The molecular formula is C25H35N3O5. The van der Waals surface area contributed by atoms with Crippen molar-refractivity contribution in [3.8, 4) is 5.75 Å². The topological polar surface area (TPSA) is 100 Å². The molecule has 180 valence electrons. The van der Waals surface area contributed by atoms with E-state index in [9.17, 15) is 14.7 Å². The number of aliphatic hydroxyl groups excluding tert-OH is 1. The molecule has 0 unspecified atom stereocenters. The molecular weight excluding hydrogens is 422 g/mol. The number of benzene rings is 1. The number of hydrogen-bond donors (Lipinski definition) is 3. The Morgan fingerprint density at radius 1 is 1.09 bits per heavy atom. The Morgan fingerprint density at radius 2 is 1.88 bits per heavy atom. The standard InChI is InChI=1S/C25H35N3O5/c29-15-22-24-20(13-18(32-22)14-23(30)28-10-4-1-5-11-28)19-12-17(8-9-21(19)33-24)27-25(31)26-16-6-2-3-7-16/h8-9,12,16,18,20,22,24,29H,1-7,10-11,13-15H2,(H2,26,27,31)/t18-,20-,22-,24+/m1/s1. The van der Waals surface area contributed by atoms with Crippen molar-refractivity contribution in [2.75, 3.05) is 25.0 Å². The third-order valence-corrected chi connectivity index (χ3v) is 7.56. The molecule has 3 aliphatic heterocycles. The SMILES string of the molecule is O=C(Nc1ccc2c(c1)[C@H]1C[C@H](CC(=O)N3CCCCC3)O[C@H](CO)[C@H]1O2)NC1CCCC1. The summed E-state index contributed by atoms with van der Waals surface area (Å²) in [6.45, 7) is 1.49. The van der Waals surface area contributed by atoms with Crippen LogP contribution in [0.2, 0.25) is 0 Å². The first-order chi connectivity index (χ1) is 16.1. The molecule has 3 N–H and O–H groups in total. The number of fused-ring (bicyclic) bond motifs is 3. The highest BCUT2D eigenvalue weighted by molar-refractivity contribution is 5.89. The number of amides is 3. The first-order valence-electron chi connectivity index (χ1n) is 12.5. The van der Waals surface area contributed by atoms with Crippen LogP contribution in [0.3, 0.4) is 0 Å². The molecule has 4 atom stereocenters. The molecule has 3 heterocycles. The summed E-state index contributed by atoms with van der Waals surface area (Å²) in [5.41, 5.74) is 1.73. The summed E-state index contributed by atoms with van der Waals surface area (Å²) in [6, 6.07) is 5.77. The summed E-state index contributed by atoms with van der Waals surface area (Å²) in [5, 5.41) is 16.0. The Balaban J connectivity index is 1.26. The number of anilines is 1. The molecule has 8 nitrogen and oxygen atoms in total. The summed E-state index contributed by atoms with van der Waals surface area (Å²) in [4.78, 5) is 27.2. The Kier molecular flexibility index (Phi) is 6.74. The van der Waals surface area contributed by atoms with Crippen LogP contribution in [0.4, 0.5) is 10.5 Å². The minimum atomic E-state index is -0.475. The van der Waals surface area contributed by atoms with Crippen molar-refractivity contribution in [1.82, 2.24) is 10.2 Å². The Hall–Kier alpha value is -2.32. The quantitative estimate of drug-likeness (QED) is 0.631. The summed E-state index contributed by atoms with van der Waals surface area (Å²) in [6.07, 6.45) is 7.69. The van der Waals surface area contributed by atoms with Crippen LogP contribution in [0.25, 0.3) is 0 Å². The zero-order valence-corrected chi connectivity index (χ0v) is 19.1. The van der Waals surface area contributed by atoms with Gasteiger partial charge in [0.25, 0.3) is 0 Å². The minimum Gasteiger partial charge on any atom is -0.487 e. The van der Waals surface area contributed by atoms with Crippen molar-refractivity contribution in [1.29, 1.82) is 0 Å². The van der Waals surface area contributed by atoms with E-state index in [-0.39, 0.29) is 42.7 Å². The van der Waals surface area contributed by atoms with Gasteiger partial charge in [-0.05, 0) is 56.7 Å². The van der Waals surface area contributed by atoms with Crippen LogP contribution in [0, 0.1) is 0 Å². The van der Waals surface area contributed by atoms with Crippen LogP contribution < -0.4 is 15.4 Å². The molecule has 33 heavy (non-hydrogen) atoms. The Bertz CT molecular complexity index is 866. The van der Waals surface area contributed by atoms with E-state index < -0.39 is 6.10 Å². The number of rotatable bonds is 5. The third kappa shape index (κ3) is 4.96. The van der Waals surface area contributed by atoms with Crippen LogP contribution >= 0.6 is 0 Å². The third-order valence-electron chi connectivity index (χ3n) is 7.56. The van der Waals surface area contributed by atoms with E-state index in [0.717, 1.165) is 55.8 Å². The van der Waals surface area contributed by atoms with Crippen molar-refractivity contribution in [3.63, 3.8) is 0 Å². The maximum atomic E-state index is 12.8. The van der Waals surface area contributed by atoms with Gasteiger partial charge in [0.2, 0.25) is 5.91 Å². The molecule has 2 saturated heterocycles. The smallest absolute Gasteiger partial charge is 0.319 e. The normalized spacial score (nSPS) is 29.2. The Labute approximate surface area is 195 Å². The van der Waals surface area contributed by atoms with Gasteiger partial charge in [-0.3, -0.25) is 4.79 Å². The zero-order valence-electron chi connectivity index (χ0n) is 19.1. The lowest BCUT2D eigenvalue weighted by atomic mass is 9.84. The number of urea groups is 1. The number of hydrogen-bond acceptors (Lipinski definition) is 5. The van der Waals surface area contributed by atoms with E-state index in [1.807, 2.05) is 23.1 Å². The maximum Gasteiger partial charge on any atom is 0.319 e. The van der Waals surface area contributed by atoms with Gasteiger partial charge < -0.3 is 30.1 Å². The fourth-order valence-corrected chi connectivity index (χ4v) is 5.86. The van der Waals surface area contributed by atoms with Gasteiger partial charge in [0.1, 0.15) is 18.0 Å². The van der Waals surface area contributed by atoms with Crippen LogP contribution in [0.1, 0.15) is 69.3 Å². The molecule has 0 spiro atoms. The lowest BCUT2D eigenvalue weighted by Gasteiger charge is -2.38. The second kappa shape index (κ2) is 9.89. The lowest BCUT2D eigenvalue weighted by molar-refractivity contribution is -0.149. The molecule has 0 radical (unpaired) electrons. The monoisotopic (exact) mass is 457 g/mol. The van der Waals surface area contributed by atoms with Crippen molar-refractivity contribution in [2.45, 2.75) is 88.1 Å². The van der Waals surface area contributed by atoms with Crippen molar-refractivity contribution in [3.05, 3.63) is 23.8 Å². The van der Waals surface area contributed by atoms with Gasteiger partial charge in [0.15, 0.2) is 0 Å². The number of nitrogens with zero attached hydrogens (tertiary/aromatic N) is 1. The fourth-order valence-electron chi connectivity index (χ4n) is 5.86. The van der Waals surface area contributed by atoms with Crippen molar-refractivity contribution in [2.24, 2.45) is 0 Å². The van der Waals surface area contributed by atoms with Crippen molar-refractivity contribution >= 4 is 17.6 Å². The molecule has 1 aromatic rings. The van der Waals surface area contributed by atoms with E-state index >= 15 is 0 Å². The molecule has 3 amide bonds. The summed E-state index contributed by atoms with van der Waals surface area (Å²) >= 11 is 0. The van der Waals surface area contributed by atoms with Gasteiger partial charge in [-0.2, -0.15) is 0 Å². The summed E-state index contributed by atoms with van der Waals surface area (Å²) in [5.74, 6) is 0.912. The number of piperidine rings is 1. The predicted octanol–water partition coefficient (Wildman–Crippen LogP) is 3.15. The van der Waals surface area contributed by atoms with Gasteiger partial charge >= 0.3 is 6.03 Å². The molecule has 0 bridgehead atoms. The second-order valence-electron chi connectivity index (χ2n) is 9.88. The fraction of sp³-hybridized carbons (Fsp3) is 0.680. The minimum absolute atomic E-state index is 0.0182. The molecule has 1 aliphatic carbocycles. The summed E-state index contributed by atoms with van der Waals surface area (Å²) < 4.78 is 12.3. The predicted molar refractivity (Wildman–Crippen MR) is 123 cm³/mol. The molecule has 0 aromatic heterocycles. The van der Waals surface area contributed by atoms with Crippen LogP contribution in [-0.4, -0.2) is 66.0 Å². The number of carbonyl (C=O) groups excluding carboxylic acids is 2. The number of carbonyl (C=O) groups is 2. The number of likely N-dealkylation sites (tertiary alicyclic amines) is 1. The van der Waals surface area contributed by atoms with Gasteiger partial charge in [-0.1, -0.05) is 12.8 Å². The average Bonchev–Trinajstić information content (AvgIpc) is 3.46. The molecule has 1 saturated carbocycles. The van der Waals surface area contributed by atoms with E-state index in [1.54, 1.807) is 0 Å². The van der Waals surface area contributed by atoms with Crippen LogP contribution in [0.5, 0.6) is 5.75 Å². The van der Waals surface area contributed by atoms with Crippen LogP contribution in [-0.2, 0) is 9.53 Å². The lowest BCUT2D eigenvalue weighted by Crippen LogP contribution is -2.48. The molecule has 5 rings (SSSR count).